The van der Waals surface area contributed by atoms with E-state index in [9.17, 15) is 9.90 Å². The minimum atomic E-state index is -0.880. The van der Waals surface area contributed by atoms with Gasteiger partial charge in [-0.05, 0) is 31.1 Å². The van der Waals surface area contributed by atoms with Crippen LogP contribution in [0.5, 0.6) is 0 Å². The number of alkyl halides is 1. The number of Topliss-reactive ketones (excluding diaryl/α,β-unsaturated/α-hetero) is 1. The van der Waals surface area contributed by atoms with Gasteiger partial charge < -0.3 is 5.11 Å². The number of hydrogen-bond acceptors (Lipinski definition) is 2. The van der Waals surface area contributed by atoms with Gasteiger partial charge in [-0.2, -0.15) is 0 Å². The second-order valence-corrected chi connectivity index (χ2v) is 6.47. The summed E-state index contributed by atoms with van der Waals surface area (Å²) in [5, 5.41) is 11.0. The summed E-state index contributed by atoms with van der Waals surface area (Å²) < 4.78 is 0. The SMILES string of the molecule is C=C(C)C1CC2(CBr)C(C)CC=CC2C(=O)C1O. The summed E-state index contributed by atoms with van der Waals surface area (Å²) in [7, 11) is 0. The topological polar surface area (TPSA) is 37.3 Å². The summed E-state index contributed by atoms with van der Waals surface area (Å²) in [6.45, 7) is 8.06. The van der Waals surface area contributed by atoms with E-state index in [1.165, 1.54) is 0 Å². The number of carbonyl (C=O) groups is 1. The van der Waals surface area contributed by atoms with Crippen molar-refractivity contribution in [2.75, 3.05) is 5.33 Å². The molecule has 0 aromatic carbocycles. The molecular weight excluding hydrogens is 292 g/mol. The molecule has 0 aromatic heterocycles. The first-order valence-corrected chi connectivity index (χ1v) is 7.66. The number of carbonyl (C=O) groups excluding carboxylic acids is 1. The maximum absolute atomic E-state index is 12.4. The van der Waals surface area contributed by atoms with Crippen molar-refractivity contribution >= 4 is 21.7 Å². The van der Waals surface area contributed by atoms with Crippen molar-refractivity contribution in [2.24, 2.45) is 23.2 Å². The number of ketones is 1. The molecule has 1 N–H and O–H groups in total. The first kappa shape index (κ1) is 14.0. The lowest BCUT2D eigenvalue weighted by Crippen LogP contribution is -2.54. The molecule has 18 heavy (non-hydrogen) atoms. The normalized spacial score (nSPS) is 43.7. The monoisotopic (exact) mass is 312 g/mol. The van der Waals surface area contributed by atoms with Crippen LogP contribution in [0.25, 0.3) is 0 Å². The Bertz CT molecular complexity index is 401. The van der Waals surface area contributed by atoms with Crippen molar-refractivity contribution in [1.82, 2.24) is 0 Å². The van der Waals surface area contributed by atoms with Gasteiger partial charge in [0.1, 0.15) is 6.10 Å². The van der Waals surface area contributed by atoms with Gasteiger partial charge in [0.05, 0.1) is 0 Å². The van der Waals surface area contributed by atoms with E-state index in [1.807, 2.05) is 13.0 Å². The largest absolute Gasteiger partial charge is 0.385 e. The van der Waals surface area contributed by atoms with Gasteiger partial charge >= 0.3 is 0 Å². The van der Waals surface area contributed by atoms with E-state index >= 15 is 0 Å². The molecule has 2 aliphatic rings. The van der Waals surface area contributed by atoms with E-state index in [4.69, 9.17) is 0 Å². The Morgan fingerprint density at radius 1 is 1.67 bits per heavy atom. The molecule has 1 fully saturated rings. The first-order valence-electron chi connectivity index (χ1n) is 6.54. The van der Waals surface area contributed by atoms with Crippen LogP contribution in [0, 0.1) is 23.2 Å². The number of hydrogen-bond donors (Lipinski definition) is 1. The zero-order chi connectivity index (χ0) is 13.5. The van der Waals surface area contributed by atoms with Crippen LogP contribution in [-0.4, -0.2) is 22.3 Å². The van der Waals surface area contributed by atoms with E-state index < -0.39 is 6.10 Å². The summed E-state index contributed by atoms with van der Waals surface area (Å²) in [6, 6.07) is 0. The van der Waals surface area contributed by atoms with Crippen molar-refractivity contribution < 1.29 is 9.90 Å². The number of aliphatic hydroxyl groups is 1. The molecule has 0 aliphatic heterocycles. The molecule has 2 aliphatic carbocycles. The summed E-state index contributed by atoms with van der Waals surface area (Å²) in [5.41, 5.74) is 0.852. The summed E-state index contributed by atoms with van der Waals surface area (Å²) in [5.74, 6) is 0.174. The molecule has 0 spiro atoms. The molecule has 0 saturated heterocycles. The summed E-state index contributed by atoms with van der Waals surface area (Å²) in [6.07, 6.45) is 5.06. The van der Waals surface area contributed by atoms with E-state index in [0.717, 1.165) is 23.7 Å². The van der Waals surface area contributed by atoms with Crippen LogP contribution in [-0.2, 0) is 4.79 Å². The van der Waals surface area contributed by atoms with Crippen LogP contribution in [0.2, 0.25) is 0 Å². The Morgan fingerprint density at radius 2 is 2.33 bits per heavy atom. The van der Waals surface area contributed by atoms with E-state index in [-0.39, 0.29) is 23.0 Å². The van der Waals surface area contributed by atoms with Gasteiger partial charge in [-0.25, -0.2) is 0 Å². The first-order chi connectivity index (χ1) is 8.44. The standard InChI is InChI=1S/C15H21BrO2/c1-9(2)11-7-15(8-16)10(3)5-4-6-12(15)14(18)13(11)17/h4,6,10-13,17H,1,5,7-8H2,2-3H3. The Balaban J connectivity index is 2.44. The Labute approximate surface area is 117 Å². The third kappa shape index (κ3) is 1.92. The van der Waals surface area contributed by atoms with Gasteiger partial charge in [-0.3, -0.25) is 4.79 Å². The Kier molecular flexibility index (Phi) is 3.84. The second kappa shape index (κ2) is 4.93. The molecule has 2 rings (SSSR count). The van der Waals surface area contributed by atoms with Crippen molar-refractivity contribution in [2.45, 2.75) is 32.8 Å². The van der Waals surface area contributed by atoms with Gasteiger partial charge in [0, 0.05) is 17.2 Å². The van der Waals surface area contributed by atoms with E-state index in [1.54, 1.807) is 0 Å². The van der Waals surface area contributed by atoms with Crippen LogP contribution in [0.1, 0.15) is 26.7 Å². The Morgan fingerprint density at radius 3 is 2.89 bits per heavy atom. The molecule has 0 amide bonds. The predicted molar refractivity (Wildman–Crippen MR) is 76.6 cm³/mol. The third-order valence-electron chi connectivity index (χ3n) is 4.88. The van der Waals surface area contributed by atoms with Crippen molar-refractivity contribution in [1.29, 1.82) is 0 Å². The number of aliphatic hydroxyl groups excluding tert-OH is 1. The van der Waals surface area contributed by atoms with Crippen molar-refractivity contribution in [3.63, 3.8) is 0 Å². The van der Waals surface area contributed by atoms with Crippen LogP contribution >= 0.6 is 15.9 Å². The lowest BCUT2D eigenvalue weighted by Gasteiger charge is -2.51. The third-order valence-corrected chi connectivity index (χ3v) is 5.92. The minimum Gasteiger partial charge on any atom is -0.385 e. The maximum atomic E-state index is 12.4. The molecule has 5 unspecified atom stereocenters. The lowest BCUT2D eigenvalue weighted by atomic mass is 9.54. The quantitative estimate of drug-likeness (QED) is 0.628. The van der Waals surface area contributed by atoms with Gasteiger partial charge in [-0.15, -0.1) is 0 Å². The number of allylic oxidation sites excluding steroid dienone is 2. The van der Waals surface area contributed by atoms with Crippen molar-refractivity contribution in [3.8, 4) is 0 Å². The fourth-order valence-electron chi connectivity index (χ4n) is 3.47. The zero-order valence-electron chi connectivity index (χ0n) is 11.0. The molecule has 5 atom stereocenters. The molecule has 3 heteroatoms. The molecular formula is C15H21BrO2. The molecule has 0 bridgehead atoms. The fraction of sp³-hybridized carbons (Fsp3) is 0.667. The number of rotatable bonds is 2. The highest BCUT2D eigenvalue weighted by Crippen LogP contribution is 2.53. The van der Waals surface area contributed by atoms with Gasteiger partial charge in [-0.1, -0.05) is 47.2 Å². The lowest BCUT2D eigenvalue weighted by molar-refractivity contribution is -0.144. The van der Waals surface area contributed by atoms with E-state index in [0.29, 0.717) is 5.92 Å². The van der Waals surface area contributed by atoms with Crippen molar-refractivity contribution in [3.05, 3.63) is 24.3 Å². The fourth-order valence-corrected chi connectivity index (χ4v) is 4.60. The van der Waals surface area contributed by atoms with Crippen LogP contribution < -0.4 is 0 Å². The summed E-state index contributed by atoms with van der Waals surface area (Å²) in [4.78, 5) is 12.4. The molecule has 2 nitrogen and oxygen atoms in total. The van der Waals surface area contributed by atoms with Gasteiger partial charge in [0.25, 0.3) is 0 Å². The summed E-state index contributed by atoms with van der Waals surface area (Å²) >= 11 is 3.61. The highest BCUT2D eigenvalue weighted by molar-refractivity contribution is 9.09. The highest BCUT2D eigenvalue weighted by atomic mass is 79.9. The van der Waals surface area contributed by atoms with Gasteiger partial charge in [0.2, 0.25) is 0 Å². The second-order valence-electron chi connectivity index (χ2n) is 5.91. The molecule has 0 aromatic rings. The molecule has 0 radical (unpaired) electrons. The van der Waals surface area contributed by atoms with Crippen LogP contribution in [0.15, 0.2) is 24.3 Å². The average Bonchev–Trinajstić information content (AvgIpc) is 2.34. The van der Waals surface area contributed by atoms with Crippen LogP contribution in [0.4, 0.5) is 0 Å². The molecule has 0 heterocycles. The average molecular weight is 313 g/mol. The Hall–Kier alpha value is -0.410. The van der Waals surface area contributed by atoms with Gasteiger partial charge in [0.15, 0.2) is 5.78 Å². The molecule has 1 saturated carbocycles. The number of halogens is 1. The highest BCUT2D eigenvalue weighted by Gasteiger charge is 2.54. The smallest absolute Gasteiger partial charge is 0.169 e. The minimum absolute atomic E-state index is 0.0310. The maximum Gasteiger partial charge on any atom is 0.169 e. The molecule has 100 valence electrons. The number of fused-ring (bicyclic) bond motifs is 1. The van der Waals surface area contributed by atoms with E-state index in [2.05, 4.69) is 35.5 Å². The van der Waals surface area contributed by atoms with Crippen LogP contribution in [0.3, 0.4) is 0 Å². The predicted octanol–water partition coefficient (Wildman–Crippen LogP) is 3.11. The zero-order valence-corrected chi connectivity index (χ0v) is 12.6.